The Hall–Kier alpha value is -2.78. The van der Waals surface area contributed by atoms with E-state index in [1.165, 1.54) is 11.9 Å². The molecule has 2 aliphatic rings. The zero-order chi connectivity index (χ0) is 18.1. The maximum atomic E-state index is 12.7. The number of hydrogen-bond acceptors (Lipinski definition) is 5. The lowest BCUT2D eigenvalue weighted by Crippen LogP contribution is -2.47. The topological polar surface area (TPSA) is 99.2 Å². The van der Waals surface area contributed by atoms with Crippen molar-refractivity contribution in [2.45, 2.75) is 32.1 Å². The maximum absolute atomic E-state index is 12.7. The van der Waals surface area contributed by atoms with Gasteiger partial charge < -0.3 is 5.73 Å². The second-order valence-electron chi connectivity index (χ2n) is 6.01. The number of halogens is 1. The number of allylic oxidation sites excluding steroid dienone is 3. The Kier molecular flexibility index (Phi) is 4.51. The van der Waals surface area contributed by atoms with Gasteiger partial charge in [0, 0.05) is 29.6 Å². The Labute approximate surface area is 150 Å². The molecule has 0 aromatic heterocycles. The van der Waals surface area contributed by atoms with Gasteiger partial charge >= 0.3 is 0 Å². The Morgan fingerprint density at radius 1 is 1.40 bits per heavy atom. The molecule has 0 radical (unpaired) electrons. The lowest BCUT2D eigenvalue weighted by molar-refractivity contribution is -0.123. The molecule has 1 unspecified atom stereocenters. The minimum absolute atomic E-state index is 0.0539. The Morgan fingerprint density at radius 3 is 2.76 bits per heavy atom. The van der Waals surface area contributed by atoms with Crippen molar-refractivity contribution < 1.29 is 9.59 Å². The van der Waals surface area contributed by atoms with Crippen molar-refractivity contribution in [2.75, 3.05) is 0 Å². The van der Waals surface area contributed by atoms with Gasteiger partial charge in [-0.1, -0.05) is 29.8 Å². The van der Waals surface area contributed by atoms with Gasteiger partial charge in [-0.2, -0.15) is 5.26 Å². The number of carbonyl (C=O) groups is 2. The van der Waals surface area contributed by atoms with E-state index in [1.54, 1.807) is 24.3 Å². The van der Waals surface area contributed by atoms with Crippen LogP contribution in [-0.4, -0.2) is 16.7 Å². The molecule has 1 heterocycles. The SMILES string of the molecule is CC(=O)NN1C(N)=C(C#N)C(c2ccccc2Cl)C2=C1CCCC2=O. The van der Waals surface area contributed by atoms with Crippen molar-refractivity contribution in [3.05, 3.63) is 57.5 Å². The quantitative estimate of drug-likeness (QED) is 0.848. The van der Waals surface area contributed by atoms with Crippen molar-refractivity contribution in [1.29, 1.82) is 5.26 Å². The first kappa shape index (κ1) is 17.1. The lowest BCUT2D eigenvalue weighted by Gasteiger charge is -2.39. The molecular formula is C18H17ClN4O2. The number of benzene rings is 1. The highest BCUT2D eigenvalue weighted by Crippen LogP contribution is 2.45. The Balaban J connectivity index is 2.26. The van der Waals surface area contributed by atoms with Gasteiger partial charge in [-0.3, -0.25) is 15.0 Å². The van der Waals surface area contributed by atoms with Crippen LogP contribution in [0.1, 0.15) is 37.7 Å². The van der Waals surface area contributed by atoms with Crippen LogP contribution < -0.4 is 11.2 Å². The first-order valence-corrected chi connectivity index (χ1v) is 8.31. The number of ketones is 1. The fourth-order valence-corrected chi connectivity index (χ4v) is 3.64. The average molecular weight is 357 g/mol. The van der Waals surface area contributed by atoms with Crippen LogP contribution in [0.15, 0.2) is 46.9 Å². The minimum atomic E-state index is -0.619. The number of Topliss-reactive ketones (excluding diaryl/α,β-unsaturated/α-hetero) is 1. The lowest BCUT2D eigenvalue weighted by atomic mass is 9.76. The summed E-state index contributed by atoms with van der Waals surface area (Å²) in [5.41, 5.74) is 10.8. The molecule has 1 aliphatic carbocycles. The van der Waals surface area contributed by atoms with Crippen LogP contribution in [0.4, 0.5) is 0 Å². The fraction of sp³-hybridized carbons (Fsp3) is 0.278. The van der Waals surface area contributed by atoms with E-state index in [1.807, 2.05) is 0 Å². The van der Waals surface area contributed by atoms with Crippen LogP contribution in [0.5, 0.6) is 0 Å². The summed E-state index contributed by atoms with van der Waals surface area (Å²) in [6, 6.07) is 9.20. The number of nitriles is 1. The number of hydrogen-bond donors (Lipinski definition) is 2. The molecule has 0 spiro atoms. The predicted octanol–water partition coefficient (Wildman–Crippen LogP) is 2.49. The third kappa shape index (κ3) is 2.87. The standard InChI is InChI=1S/C18H17ClN4O2/c1-10(24)22-23-14-7-4-8-15(25)17(14)16(12(9-20)18(23)21)11-5-2-3-6-13(11)19/h2-3,5-6,16H,4,7-8,21H2,1H3,(H,22,24). The monoisotopic (exact) mass is 356 g/mol. The zero-order valence-electron chi connectivity index (χ0n) is 13.7. The molecule has 1 atom stereocenters. The molecule has 0 bridgehead atoms. The van der Waals surface area contributed by atoms with Crippen molar-refractivity contribution >= 4 is 23.3 Å². The summed E-state index contributed by atoms with van der Waals surface area (Å²) >= 11 is 6.34. The number of rotatable bonds is 2. The number of nitrogens with one attached hydrogen (secondary N) is 1. The molecule has 1 aliphatic heterocycles. The molecule has 1 aromatic rings. The molecule has 128 valence electrons. The molecular weight excluding hydrogens is 340 g/mol. The van der Waals surface area contributed by atoms with Crippen molar-refractivity contribution in [2.24, 2.45) is 5.73 Å². The van der Waals surface area contributed by atoms with E-state index < -0.39 is 5.92 Å². The van der Waals surface area contributed by atoms with E-state index >= 15 is 0 Å². The molecule has 1 aromatic carbocycles. The Morgan fingerprint density at radius 2 is 2.12 bits per heavy atom. The molecule has 25 heavy (non-hydrogen) atoms. The van der Waals surface area contributed by atoms with Crippen LogP contribution in [0.3, 0.4) is 0 Å². The van der Waals surface area contributed by atoms with Crippen molar-refractivity contribution in [3.8, 4) is 6.07 Å². The molecule has 6 nitrogen and oxygen atoms in total. The highest BCUT2D eigenvalue weighted by atomic mass is 35.5. The highest BCUT2D eigenvalue weighted by Gasteiger charge is 2.40. The van der Waals surface area contributed by atoms with Gasteiger partial charge in [0.05, 0.1) is 17.6 Å². The minimum Gasteiger partial charge on any atom is -0.383 e. The molecule has 0 saturated heterocycles. The predicted molar refractivity (Wildman–Crippen MR) is 92.6 cm³/mol. The fourth-order valence-electron chi connectivity index (χ4n) is 3.39. The third-order valence-electron chi connectivity index (χ3n) is 4.40. The summed E-state index contributed by atoms with van der Waals surface area (Å²) in [6.07, 6.45) is 1.65. The molecule has 0 fully saturated rings. The van der Waals surface area contributed by atoms with E-state index in [0.717, 1.165) is 0 Å². The van der Waals surface area contributed by atoms with Gasteiger partial charge in [-0.15, -0.1) is 0 Å². The van der Waals surface area contributed by atoms with Gasteiger partial charge in [0.1, 0.15) is 5.82 Å². The number of hydrazine groups is 1. The molecule has 1 amide bonds. The van der Waals surface area contributed by atoms with Gasteiger partial charge in [0.15, 0.2) is 5.78 Å². The first-order chi connectivity index (χ1) is 12.0. The van der Waals surface area contributed by atoms with E-state index in [0.29, 0.717) is 41.1 Å². The van der Waals surface area contributed by atoms with Gasteiger partial charge in [0.25, 0.3) is 0 Å². The van der Waals surface area contributed by atoms with Crippen LogP contribution in [0.2, 0.25) is 5.02 Å². The summed E-state index contributed by atoms with van der Waals surface area (Å²) in [5.74, 6) is -0.884. The number of nitrogens with zero attached hydrogens (tertiary/aromatic N) is 2. The second kappa shape index (κ2) is 6.61. The van der Waals surface area contributed by atoms with Crippen LogP contribution in [0, 0.1) is 11.3 Å². The van der Waals surface area contributed by atoms with Crippen LogP contribution in [-0.2, 0) is 9.59 Å². The summed E-state index contributed by atoms with van der Waals surface area (Å²) in [7, 11) is 0. The van der Waals surface area contributed by atoms with Crippen molar-refractivity contribution in [1.82, 2.24) is 10.4 Å². The van der Waals surface area contributed by atoms with Gasteiger partial charge in [-0.05, 0) is 24.5 Å². The summed E-state index contributed by atoms with van der Waals surface area (Å²) in [5, 5.41) is 11.5. The molecule has 3 N–H and O–H groups in total. The molecule has 3 rings (SSSR count). The normalized spacial score (nSPS) is 20.3. The third-order valence-corrected chi connectivity index (χ3v) is 4.74. The van der Waals surface area contributed by atoms with Crippen LogP contribution in [0.25, 0.3) is 0 Å². The number of amides is 1. The Bertz CT molecular complexity index is 866. The van der Waals surface area contributed by atoms with Crippen molar-refractivity contribution in [3.63, 3.8) is 0 Å². The van der Waals surface area contributed by atoms with E-state index in [2.05, 4.69) is 11.5 Å². The van der Waals surface area contributed by atoms with Gasteiger partial charge in [0.2, 0.25) is 5.91 Å². The molecule has 7 heteroatoms. The second-order valence-corrected chi connectivity index (χ2v) is 6.41. The van der Waals surface area contributed by atoms with E-state index in [4.69, 9.17) is 17.3 Å². The summed E-state index contributed by atoms with van der Waals surface area (Å²) in [4.78, 5) is 24.3. The number of carbonyl (C=O) groups excluding carboxylic acids is 2. The summed E-state index contributed by atoms with van der Waals surface area (Å²) in [6.45, 7) is 1.35. The smallest absolute Gasteiger partial charge is 0.235 e. The molecule has 0 saturated carbocycles. The van der Waals surface area contributed by atoms with Gasteiger partial charge in [-0.25, -0.2) is 5.01 Å². The summed E-state index contributed by atoms with van der Waals surface area (Å²) < 4.78 is 0. The van der Waals surface area contributed by atoms with E-state index in [-0.39, 0.29) is 23.1 Å². The largest absolute Gasteiger partial charge is 0.383 e. The highest BCUT2D eigenvalue weighted by molar-refractivity contribution is 6.31. The maximum Gasteiger partial charge on any atom is 0.235 e. The number of nitrogens with two attached hydrogens (primary N) is 1. The van der Waals surface area contributed by atoms with E-state index in [9.17, 15) is 14.9 Å². The first-order valence-electron chi connectivity index (χ1n) is 7.93. The average Bonchev–Trinajstić information content (AvgIpc) is 2.57. The van der Waals surface area contributed by atoms with Crippen LogP contribution >= 0.6 is 11.6 Å². The zero-order valence-corrected chi connectivity index (χ0v) is 14.4.